The Kier molecular flexibility index (Phi) is 16.2. The highest BCUT2D eigenvalue weighted by molar-refractivity contribution is 5.97. The van der Waals surface area contributed by atoms with E-state index in [1.54, 1.807) is 24.4 Å². The number of rotatable bonds is 9. The standard InChI is InChI=1S/C41H53N9O6/c1-4-20-50-21-12-10-18-32(36(43)51)46-40(55)34(23-28-14-6-5-7-15-28)49-41(56)35(24-29-25-44-31-17-9-8-16-30(29)31)48-38(53)27(3)45-39(54)33(19-11-13-22-50)47-37(52)26(2)42/h4-9,14-17,25-27,32-35,44H,1,10,12,18-24,42H2,2-3H3,(H2,43,51)(H,45,54)(H,46,55)(H,47,52)(H,48,53)(H,49,56)/t26-,27-,32-,33+,34+,35-/m0/s1. The fraction of sp³-hybridized carbons (Fsp3) is 0.415. The van der Waals surface area contributed by atoms with E-state index in [4.69, 9.17) is 11.5 Å². The van der Waals surface area contributed by atoms with Crippen molar-refractivity contribution in [3.63, 3.8) is 0 Å². The monoisotopic (exact) mass is 767 g/mol. The molecule has 3 aromatic rings. The van der Waals surface area contributed by atoms with Crippen molar-refractivity contribution in [2.45, 2.75) is 88.6 Å². The van der Waals surface area contributed by atoms with Gasteiger partial charge in [0, 0.05) is 42.9 Å². The van der Waals surface area contributed by atoms with Gasteiger partial charge in [-0.1, -0.05) is 66.4 Å². The third kappa shape index (κ3) is 12.8. The van der Waals surface area contributed by atoms with Crippen LogP contribution in [0, 0.1) is 11.8 Å². The molecule has 6 amide bonds. The number of H-pyrrole nitrogens is 1. The minimum absolute atomic E-state index is 0.0252. The minimum Gasteiger partial charge on any atom is -0.368 e. The zero-order chi connectivity index (χ0) is 40.6. The fourth-order valence-corrected chi connectivity index (χ4v) is 6.25. The summed E-state index contributed by atoms with van der Waals surface area (Å²) in [5, 5.41) is 14.4. The molecule has 0 radical (unpaired) electrons. The number of nitrogens with one attached hydrogen (secondary N) is 6. The van der Waals surface area contributed by atoms with Gasteiger partial charge in [0.1, 0.15) is 30.2 Å². The van der Waals surface area contributed by atoms with Gasteiger partial charge in [-0.25, -0.2) is 0 Å². The molecule has 1 aliphatic heterocycles. The van der Waals surface area contributed by atoms with Gasteiger partial charge in [0.15, 0.2) is 0 Å². The number of amides is 6. The molecule has 0 fully saturated rings. The van der Waals surface area contributed by atoms with Crippen LogP contribution in [0.3, 0.4) is 0 Å². The minimum atomic E-state index is -1.21. The van der Waals surface area contributed by atoms with E-state index in [9.17, 15) is 28.8 Å². The molecule has 4 rings (SSSR count). The van der Waals surface area contributed by atoms with E-state index in [0.29, 0.717) is 32.5 Å². The van der Waals surface area contributed by atoms with Crippen molar-refractivity contribution in [2.24, 2.45) is 11.5 Å². The first-order chi connectivity index (χ1) is 26.9. The summed E-state index contributed by atoms with van der Waals surface area (Å²) in [5.74, 6) is 2.07. The summed E-state index contributed by atoms with van der Waals surface area (Å²) in [5.41, 5.74) is 13.8. The number of benzene rings is 2. The Morgan fingerprint density at radius 1 is 0.911 bits per heavy atom. The van der Waals surface area contributed by atoms with Gasteiger partial charge >= 0.3 is 0 Å². The number of hydrogen-bond acceptors (Lipinski definition) is 8. The van der Waals surface area contributed by atoms with Crippen LogP contribution in [-0.2, 0) is 41.6 Å². The van der Waals surface area contributed by atoms with Crippen molar-refractivity contribution in [2.75, 3.05) is 19.6 Å². The second-order valence-electron chi connectivity index (χ2n) is 14.0. The van der Waals surface area contributed by atoms with Crippen LogP contribution in [-0.4, -0.2) is 101 Å². The lowest BCUT2D eigenvalue weighted by atomic mass is 10.0. The van der Waals surface area contributed by atoms with E-state index in [1.807, 2.05) is 47.4 Å². The van der Waals surface area contributed by atoms with Gasteiger partial charge < -0.3 is 43.0 Å². The van der Waals surface area contributed by atoms with Gasteiger partial charge in [0.05, 0.1) is 12.6 Å². The predicted octanol–water partition coefficient (Wildman–Crippen LogP) is 0.295. The Hall–Kier alpha value is -5.98. The number of carbonyl (C=O) groups is 6. The van der Waals surface area contributed by atoms with Crippen LogP contribution in [0.5, 0.6) is 0 Å². The van der Waals surface area contributed by atoms with Gasteiger partial charge in [-0.2, -0.15) is 0 Å². The largest absolute Gasteiger partial charge is 0.368 e. The molecule has 1 aliphatic rings. The third-order valence-corrected chi connectivity index (χ3v) is 9.44. The fourth-order valence-electron chi connectivity index (χ4n) is 6.25. The lowest BCUT2D eigenvalue weighted by Crippen LogP contribution is -2.59. The number of nitrogens with zero attached hydrogens (tertiary/aromatic N) is 1. The lowest BCUT2D eigenvalue weighted by Gasteiger charge is -2.26. The highest BCUT2D eigenvalue weighted by atomic mass is 16.2. The lowest BCUT2D eigenvalue weighted by molar-refractivity contribution is -0.134. The van der Waals surface area contributed by atoms with Crippen LogP contribution in [0.2, 0.25) is 0 Å². The summed E-state index contributed by atoms with van der Waals surface area (Å²) in [6.45, 7) is 8.18. The number of nitrogens with two attached hydrogens (primary N) is 2. The predicted molar refractivity (Wildman–Crippen MR) is 213 cm³/mol. The Labute approximate surface area is 327 Å². The number of aromatic nitrogens is 1. The van der Waals surface area contributed by atoms with Gasteiger partial charge in [-0.3, -0.25) is 33.7 Å². The molecule has 15 nitrogen and oxygen atoms in total. The van der Waals surface area contributed by atoms with E-state index in [2.05, 4.69) is 50.0 Å². The Balaban J connectivity index is 1.69. The van der Waals surface area contributed by atoms with E-state index in [0.717, 1.165) is 22.0 Å². The van der Waals surface area contributed by atoms with E-state index < -0.39 is 71.7 Å². The molecule has 0 unspecified atom stereocenters. The molecule has 15 heteroatoms. The number of aromatic amines is 1. The van der Waals surface area contributed by atoms with Crippen LogP contribution < -0.4 is 38.1 Å². The Bertz CT molecular complexity index is 1920. The van der Waals surface area contributed by atoms with E-state index >= 15 is 0 Å². The van der Waals surface area contributed by atoms with Gasteiger partial charge in [0.2, 0.25) is 35.4 Å². The summed E-state index contributed by atoms with van der Waals surface area (Å²) in [7, 11) is 0. The molecule has 0 aliphatic carbocycles. The molecular formula is C41H53N9O6. The van der Waals surface area contributed by atoms with E-state index in [1.165, 1.54) is 13.8 Å². The van der Waals surface area contributed by atoms with Crippen molar-refractivity contribution in [3.8, 4) is 11.8 Å². The van der Waals surface area contributed by atoms with Crippen LogP contribution in [0.4, 0.5) is 0 Å². The molecule has 0 spiro atoms. The molecule has 1 aromatic heterocycles. The van der Waals surface area contributed by atoms with Crippen molar-refractivity contribution >= 4 is 46.3 Å². The quantitative estimate of drug-likeness (QED) is 0.111. The second-order valence-corrected chi connectivity index (χ2v) is 14.0. The highest BCUT2D eigenvalue weighted by Crippen LogP contribution is 2.19. The smallest absolute Gasteiger partial charge is 0.244 e. The molecule has 298 valence electrons. The molecular weight excluding hydrogens is 715 g/mol. The first kappa shape index (κ1) is 42.8. The molecule has 0 saturated carbocycles. The summed E-state index contributed by atoms with van der Waals surface area (Å²) in [6.07, 6.45) is 4.95. The summed E-state index contributed by atoms with van der Waals surface area (Å²) in [6, 6.07) is 9.98. The second kappa shape index (κ2) is 21.2. The molecule has 2 aromatic carbocycles. The van der Waals surface area contributed by atoms with Crippen LogP contribution >= 0.6 is 0 Å². The molecule has 56 heavy (non-hydrogen) atoms. The summed E-state index contributed by atoms with van der Waals surface area (Å²) in [4.78, 5) is 85.8. The van der Waals surface area contributed by atoms with Gasteiger partial charge in [-0.15, -0.1) is 6.58 Å². The number of primary amides is 1. The zero-order valence-corrected chi connectivity index (χ0v) is 31.9. The first-order valence-electron chi connectivity index (χ1n) is 18.8. The van der Waals surface area contributed by atoms with Crippen molar-refractivity contribution in [1.29, 1.82) is 0 Å². The SMILES string of the molecule is C=CCN1CC#CC[C@@H](NC(=O)[C@H](C)N)C(=O)N[C@@H](C)C(=O)N[C@@H](Cc2c[nH]c3ccccc23)C(=O)N[C@H](Cc2ccccc2)C(=O)N[C@H](C(N)=O)CCCC1. The topological polar surface area (TPSA) is 234 Å². The maximum absolute atomic E-state index is 14.2. The van der Waals surface area contributed by atoms with E-state index in [-0.39, 0.29) is 25.7 Å². The van der Waals surface area contributed by atoms with Crippen LogP contribution in [0.15, 0.2) is 73.4 Å². The summed E-state index contributed by atoms with van der Waals surface area (Å²) >= 11 is 0. The summed E-state index contributed by atoms with van der Waals surface area (Å²) < 4.78 is 0. The highest BCUT2D eigenvalue weighted by Gasteiger charge is 2.32. The number of hydrogen-bond donors (Lipinski definition) is 8. The average Bonchev–Trinajstić information content (AvgIpc) is 3.58. The number of fused-ring (bicyclic) bond motifs is 1. The van der Waals surface area contributed by atoms with Crippen molar-refractivity contribution in [3.05, 3.63) is 84.6 Å². The molecule has 2 heterocycles. The van der Waals surface area contributed by atoms with Gasteiger partial charge in [0.25, 0.3) is 0 Å². The van der Waals surface area contributed by atoms with Crippen molar-refractivity contribution in [1.82, 2.24) is 36.5 Å². The normalized spacial score (nSPS) is 23.0. The van der Waals surface area contributed by atoms with Crippen molar-refractivity contribution < 1.29 is 28.8 Å². The number of para-hydroxylation sites is 1. The maximum atomic E-state index is 14.2. The zero-order valence-electron chi connectivity index (χ0n) is 31.9. The van der Waals surface area contributed by atoms with Gasteiger partial charge in [-0.05, 0) is 56.8 Å². The molecule has 6 atom stereocenters. The maximum Gasteiger partial charge on any atom is 0.244 e. The van der Waals surface area contributed by atoms with Crippen LogP contribution in [0.1, 0.15) is 50.7 Å². The van der Waals surface area contributed by atoms with Crippen LogP contribution in [0.25, 0.3) is 10.9 Å². The molecule has 0 saturated heterocycles. The average molecular weight is 768 g/mol. The molecule has 0 bridgehead atoms. The molecule has 10 N–H and O–H groups in total. The third-order valence-electron chi connectivity index (χ3n) is 9.44. The number of carbonyl (C=O) groups excluding carboxylic acids is 6. The Morgan fingerprint density at radius 3 is 2.30 bits per heavy atom. The Morgan fingerprint density at radius 2 is 1.59 bits per heavy atom. The first-order valence-corrected chi connectivity index (χ1v) is 18.8.